The SMILES string of the molecule is O=C(F)[C]1[CH][CH][CH][CH]1. The molecule has 0 aromatic heterocycles. The number of hydrogen-bond acceptors (Lipinski definition) is 1. The lowest BCUT2D eigenvalue weighted by Gasteiger charge is -1.93. The van der Waals surface area contributed by atoms with Crippen LogP contribution in [0.4, 0.5) is 4.39 Å². The molecule has 0 spiro atoms. The van der Waals surface area contributed by atoms with Crippen molar-refractivity contribution in [2.24, 2.45) is 0 Å². The molecular formula is C6H4FO. The molecule has 0 saturated heterocycles. The largest absolute Gasteiger partial charge is 0.309 e. The highest BCUT2D eigenvalue weighted by molar-refractivity contribution is 5.90. The Morgan fingerprint density at radius 3 is 2.12 bits per heavy atom. The van der Waals surface area contributed by atoms with Gasteiger partial charge in [0.15, 0.2) is 0 Å². The van der Waals surface area contributed by atoms with Crippen LogP contribution in [0, 0.1) is 31.6 Å². The Bertz CT molecular complexity index is 94.7. The van der Waals surface area contributed by atoms with Crippen LogP contribution in [-0.2, 0) is 4.79 Å². The van der Waals surface area contributed by atoms with Crippen LogP contribution in [0.25, 0.3) is 0 Å². The predicted molar refractivity (Wildman–Crippen MR) is 26.6 cm³/mol. The van der Waals surface area contributed by atoms with E-state index in [1.807, 2.05) is 0 Å². The number of carbonyl (C=O) groups is 1. The smallest absolute Gasteiger partial charge is 0.260 e. The highest BCUT2D eigenvalue weighted by Crippen LogP contribution is 2.23. The average Bonchev–Trinajstić information content (AvgIpc) is 2.12. The third-order valence-corrected chi connectivity index (χ3v) is 0.890. The Balaban J connectivity index is 2.35. The van der Waals surface area contributed by atoms with Gasteiger partial charge in [0.1, 0.15) is 0 Å². The van der Waals surface area contributed by atoms with E-state index in [1.165, 1.54) is 12.8 Å². The van der Waals surface area contributed by atoms with Crippen molar-refractivity contribution in [1.82, 2.24) is 0 Å². The van der Waals surface area contributed by atoms with Crippen LogP contribution >= 0.6 is 0 Å². The van der Waals surface area contributed by atoms with E-state index in [0.717, 1.165) is 0 Å². The summed E-state index contributed by atoms with van der Waals surface area (Å²) in [6.07, 6.45) is 6.10. The Kier molecular flexibility index (Phi) is 1.61. The fourth-order valence-corrected chi connectivity index (χ4v) is 0.505. The van der Waals surface area contributed by atoms with Crippen molar-refractivity contribution < 1.29 is 9.18 Å². The molecule has 0 atom stereocenters. The maximum Gasteiger partial charge on any atom is 0.309 e. The van der Waals surface area contributed by atoms with Gasteiger partial charge < -0.3 is 0 Å². The van der Waals surface area contributed by atoms with Crippen molar-refractivity contribution in [2.75, 3.05) is 0 Å². The summed E-state index contributed by atoms with van der Waals surface area (Å²) < 4.78 is 11.6. The second-order valence-corrected chi connectivity index (χ2v) is 1.45. The van der Waals surface area contributed by atoms with E-state index in [2.05, 4.69) is 0 Å². The molecule has 0 aliphatic heterocycles. The first kappa shape index (κ1) is 5.73. The third-order valence-electron chi connectivity index (χ3n) is 0.890. The molecule has 1 nitrogen and oxygen atoms in total. The Morgan fingerprint density at radius 1 is 1.38 bits per heavy atom. The van der Waals surface area contributed by atoms with Gasteiger partial charge in [-0.1, -0.05) is 0 Å². The minimum Gasteiger partial charge on any atom is -0.260 e. The zero-order chi connectivity index (χ0) is 5.98. The van der Waals surface area contributed by atoms with Crippen molar-refractivity contribution in [3.8, 4) is 0 Å². The monoisotopic (exact) mass is 111 g/mol. The lowest BCUT2D eigenvalue weighted by molar-refractivity contribution is -0.126. The Hall–Kier alpha value is -0.400. The van der Waals surface area contributed by atoms with Crippen molar-refractivity contribution in [1.29, 1.82) is 0 Å². The maximum absolute atomic E-state index is 11.6. The summed E-state index contributed by atoms with van der Waals surface area (Å²) in [5.74, 6) is 0.130. The molecule has 1 aliphatic carbocycles. The fraction of sp³-hybridized carbons (Fsp3) is 0. The van der Waals surface area contributed by atoms with Crippen LogP contribution in [0.5, 0.6) is 0 Å². The number of hydrogen-bond donors (Lipinski definition) is 0. The maximum atomic E-state index is 11.6. The van der Waals surface area contributed by atoms with Gasteiger partial charge in [0.25, 0.3) is 0 Å². The minimum absolute atomic E-state index is 0.130. The van der Waals surface area contributed by atoms with E-state index in [-0.39, 0.29) is 5.92 Å². The molecule has 0 aromatic rings. The van der Waals surface area contributed by atoms with E-state index in [4.69, 9.17) is 0 Å². The van der Waals surface area contributed by atoms with Crippen molar-refractivity contribution in [2.45, 2.75) is 0 Å². The first-order chi connectivity index (χ1) is 3.80. The molecule has 1 fully saturated rings. The molecule has 0 unspecified atom stereocenters. The van der Waals surface area contributed by atoms with Crippen LogP contribution in [0.1, 0.15) is 0 Å². The molecule has 41 valence electrons. The van der Waals surface area contributed by atoms with Gasteiger partial charge in [0.05, 0.1) is 5.92 Å². The zero-order valence-electron chi connectivity index (χ0n) is 4.10. The van der Waals surface area contributed by atoms with E-state index in [9.17, 15) is 9.18 Å². The normalized spacial score (nSPS) is 21.6. The highest BCUT2D eigenvalue weighted by atomic mass is 19.1. The third kappa shape index (κ3) is 1.05. The van der Waals surface area contributed by atoms with Gasteiger partial charge in [-0.3, -0.25) is 4.79 Å². The van der Waals surface area contributed by atoms with Gasteiger partial charge in [-0.2, -0.15) is 4.39 Å². The Morgan fingerprint density at radius 2 is 1.88 bits per heavy atom. The predicted octanol–water partition coefficient (Wildman–Crippen LogP) is 0.888. The van der Waals surface area contributed by atoms with Gasteiger partial charge >= 0.3 is 6.04 Å². The first-order valence-corrected chi connectivity index (χ1v) is 2.22. The van der Waals surface area contributed by atoms with Crippen LogP contribution in [-0.4, -0.2) is 6.04 Å². The summed E-state index contributed by atoms with van der Waals surface area (Å²) in [4.78, 5) is 9.84. The van der Waals surface area contributed by atoms with Gasteiger partial charge in [-0.05, 0) is 25.7 Å². The van der Waals surface area contributed by atoms with E-state index in [0.29, 0.717) is 0 Å². The number of carbonyl (C=O) groups excluding carboxylic acids is 1. The lowest BCUT2D eigenvalue weighted by Crippen LogP contribution is -2.01. The van der Waals surface area contributed by atoms with Crippen LogP contribution in [0.15, 0.2) is 0 Å². The minimum atomic E-state index is -1.37. The van der Waals surface area contributed by atoms with Gasteiger partial charge in [-0.15, -0.1) is 0 Å². The van der Waals surface area contributed by atoms with E-state index >= 15 is 0 Å². The molecule has 2 heteroatoms. The van der Waals surface area contributed by atoms with E-state index < -0.39 is 6.04 Å². The molecule has 0 bridgehead atoms. The van der Waals surface area contributed by atoms with Crippen molar-refractivity contribution in [3.63, 3.8) is 0 Å². The highest BCUT2D eigenvalue weighted by Gasteiger charge is 2.23. The lowest BCUT2D eigenvalue weighted by atomic mass is 10.1. The Labute approximate surface area is 47.9 Å². The summed E-state index contributed by atoms with van der Waals surface area (Å²) in [5, 5.41) is 0. The average molecular weight is 111 g/mol. The molecule has 5 radical (unpaired) electrons. The topological polar surface area (TPSA) is 17.1 Å². The number of halogens is 1. The van der Waals surface area contributed by atoms with Crippen LogP contribution in [0.3, 0.4) is 0 Å². The molecular weight excluding hydrogens is 107 g/mol. The molecule has 0 amide bonds. The summed E-state index contributed by atoms with van der Waals surface area (Å²) in [6, 6.07) is -1.37. The number of rotatable bonds is 1. The molecule has 0 aromatic carbocycles. The summed E-state index contributed by atoms with van der Waals surface area (Å²) in [6.45, 7) is 0. The standard InChI is InChI=1S/C6H4FO/c7-6(8)5-3-1-2-4-5/h1-4H. The molecule has 0 heterocycles. The molecule has 1 aliphatic rings. The molecule has 8 heavy (non-hydrogen) atoms. The van der Waals surface area contributed by atoms with Crippen molar-refractivity contribution >= 4 is 6.04 Å². The summed E-state index contributed by atoms with van der Waals surface area (Å²) in [5.41, 5.74) is 0. The van der Waals surface area contributed by atoms with Crippen LogP contribution in [0.2, 0.25) is 0 Å². The quantitative estimate of drug-likeness (QED) is 0.459. The fourth-order valence-electron chi connectivity index (χ4n) is 0.505. The molecule has 1 rings (SSSR count). The second kappa shape index (κ2) is 2.25. The van der Waals surface area contributed by atoms with Gasteiger partial charge in [0, 0.05) is 0 Å². The first-order valence-electron chi connectivity index (χ1n) is 2.22. The van der Waals surface area contributed by atoms with Crippen molar-refractivity contribution in [3.05, 3.63) is 31.6 Å². The van der Waals surface area contributed by atoms with E-state index in [1.54, 1.807) is 12.8 Å². The van der Waals surface area contributed by atoms with Crippen LogP contribution < -0.4 is 0 Å². The second-order valence-electron chi connectivity index (χ2n) is 1.45. The summed E-state index contributed by atoms with van der Waals surface area (Å²) >= 11 is 0. The zero-order valence-corrected chi connectivity index (χ0v) is 4.10. The summed E-state index contributed by atoms with van der Waals surface area (Å²) in [7, 11) is 0. The molecule has 1 saturated carbocycles. The molecule has 0 N–H and O–H groups in total. The van der Waals surface area contributed by atoms with Gasteiger partial charge in [-0.25, -0.2) is 0 Å². The van der Waals surface area contributed by atoms with Gasteiger partial charge in [0.2, 0.25) is 0 Å².